The van der Waals surface area contributed by atoms with Gasteiger partial charge in [-0.1, -0.05) is 78.9 Å². The summed E-state index contributed by atoms with van der Waals surface area (Å²) in [6.45, 7) is 2.09. The first kappa shape index (κ1) is 37.7. The highest BCUT2D eigenvalue weighted by Crippen LogP contribution is 2.18. The Kier molecular flexibility index (Phi) is 14.6. The first-order valence-corrected chi connectivity index (χ1v) is 15.9. The number of likely N-dealkylation sites (N-methyl/N-ethyl adjacent to an activating group) is 1. The maximum absolute atomic E-state index is 13.9. The van der Waals surface area contributed by atoms with Crippen molar-refractivity contribution in [2.24, 2.45) is 5.73 Å². The zero-order valence-electron chi connectivity index (χ0n) is 27.2. The van der Waals surface area contributed by atoms with Crippen LogP contribution in [0.15, 0.2) is 91.1 Å². The molecule has 0 aliphatic rings. The number of carbonyl (C=O) groups excluding carboxylic acids is 4. The van der Waals surface area contributed by atoms with Crippen LogP contribution in [0.5, 0.6) is 0 Å². The first-order valence-electron chi connectivity index (χ1n) is 15.9. The van der Waals surface area contributed by atoms with Gasteiger partial charge in [0.25, 0.3) is 5.91 Å². The highest BCUT2D eigenvalue weighted by molar-refractivity contribution is 6.08. The van der Waals surface area contributed by atoms with Gasteiger partial charge in [-0.15, -0.1) is 12.4 Å². The van der Waals surface area contributed by atoms with Crippen LogP contribution >= 0.6 is 12.4 Å². The number of aliphatic hydroxyl groups is 1. The van der Waals surface area contributed by atoms with Crippen molar-refractivity contribution in [3.8, 4) is 0 Å². The fourth-order valence-electron chi connectivity index (χ4n) is 5.31. The van der Waals surface area contributed by atoms with Crippen LogP contribution in [0.25, 0.3) is 10.9 Å². The number of hydrogen-bond donors (Lipinski definition) is 6. The van der Waals surface area contributed by atoms with Crippen molar-refractivity contribution in [2.45, 2.75) is 63.4 Å². The third-order valence-electron chi connectivity index (χ3n) is 8.03. The predicted octanol–water partition coefficient (Wildman–Crippen LogP) is 3.07. The molecule has 0 spiro atoms. The Bertz CT molecular complexity index is 1630. The summed E-state index contributed by atoms with van der Waals surface area (Å²) in [5.74, 6) is -1.64. The minimum absolute atomic E-state index is 0. The zero-order chi connectivity index (χ0) is 33.8. The van der Waals surface area contributed by atoms with Crippen molar-refractivity contribution in [1.82, 2.24) is 25.8 Å². The standard InChI is InChI=1S/C36H44N6O5.ClH/c1-24(43)32(37)35(46)38-20-12-11-19-30(40-33(44)28-22-39-29-18-10-9-17-27(28)29)34(45)41-31(21-25-13-5-3-6-14-25)36(47)42(2)23-26-15-7-4-8-16-26;/h3-10,13-18,22,24,30-32,39,43H,11-12,19-21,23,37H2,1-2H3,(H,38,46)(H,40,44)(H,41,45);1H/t24?,30?,31-,32?;/m1./s1. The van der Waals surface area contributed by atoms with E-state index in [9.17, 15) is 24.3 Å². The third-order valence-corrected chi connectivity index (χ3v) is 8.03. The molecule has 0 fully saturated rings. The highest BCUT2D eigenvalue weighted by atomic mass is 35.5. The summed E-state index contributed by atoms with van der Waals surface area (Å²) in [6, 6.07) is 23.5. The Morgan fingerprint density at radius 1 is 0.833 bits per heavy atom. The summed E-state index contributed by atoms with van der Waals surface area (Å²) in [4.78, 5) is 58.0. The van der Waals surface area contributed by atoms with Gasteiger partial charge in [0.15, 0.2) is 0 Å². The predicted molar refractivity (Wildman–Crippen MR) is 188 cm³/mol. The number of rotatable bonds is 16. The van der Waals surface area contributed by atoms with Gasteiger partial charge in [-0.3, -0.25) is 19.2 Å². The molecule has 1 heterocycles. The Labute approximate surface area is 287 Å². The van der Waals surface area contributed by atoms with E-state index in [1.54, 1.807) is 18.1 Å². The number of amides is 4. The molecule has 0 radical (unpaired) electrons. The van der Waals surface area contributed by atoms with E-state index in [4.69, 9.17) is 5.73 Å². The number of hydrogen-bond acceptors (Lipinski definition) is 6. The lowest BCUT2D eigenvalue weighted by molar-refractivity contribution is -0.136. The number of aromatic amines is 1. The summed E-state index contributed by atoms with van der Waals surface area (Å²) >= 11 is 0. The van der Waals surface area contributed by atoms with Crippen molar-refractivity contribution in [2.75, 3.05) is 13.6 Å². The van der Waals surface area contributed by atoms with Crippen LogP contribution < -0.4 is 21.7 Å². The second-order valence-electron chi connectivity index (χ2n) is 11.8. The van der Waals surface area contributed by atoms with Crippen LogP contribution in [-0.4, -0.2) is 76.4 Å². The SMILES string of the molecule is CC(O)C(N)C(=O)NCCCCC(NC(=O)c1c[nH]c2ccccc12)C(=O)N[C@H](Cc1ccccc1)C(=O)N(C)Cc1ccccc1.Cl. The number of nitrogens with two attached hydrogens (primary N) is 1. The molecule has 3 unspecified atom stereocenters. The molecule has 1 aromatic heterocycles. The van der Waals surface area contributed by atoms with E-state index in [0.29, 0.717) is 24.9 Å². The van der Waals surface area contributed by atoms with Gasteiger partial charge < -0.3 is 36.7 Å². The van der Waals surface area contributed by atoms with Gasteiger partial charge in [-0.25, -0.2) is 0 Å². The number of unbranched alkanes of at least 4 members (excludes halogenated alkanes) is 1. The summed E-state index contributed by atoms with van der Waals surface area (Å²) < 4.78 is 0. The second kappa shape index (κ2) is 18.6. The van der Waals surface area contributed by atoms with Crippen molar-refractivity contribution in [1.29, 1.82) is 0 Å². The number of H-pyrrole nitrogens is 1. The molecule has 48 heavy (non-hydrogen) atoms. The monoisotopic (exact) mass is 676 g/mol. The second-order valence-corrected chi connectivity index (χ2v) is 11.8. The molecule has 12 heteroatoms. The summed E-state index contributed by atoms with van der Waals surface area (Å²) in [6.07, 6.45) is 2.11. The van der Waals surface area contributed by atoms with Crippen LogP contribution in [-0.2, 0) is 27.3 Å². The molecule has 4 amide bonds. The van der Waals surface area contributed by atoms with Crippen LogP contribution in [0.2, 0.25) is 0 Å². The Morgan fingerprint density at radius 3 is 2.12 bits per heavy atom. The molecule has 0 bridgehead atoms. The number of fused-ring (bicyclic) bond motifs is 1. The number of para-hydroxylation sites is 1. The largest absolute Gasteiger partial charge is 0.391 e. The molecule has 11 nitrogen and oxygen atoms in total. The van der Waals surface area contributed by atoms with Gasteiger partial charge in [-0.2, -0.15) is 0 Å². The number of benzene rings is 3. The number of halogens is 1. The van der Waals surface area contributed by atoms with Gasteiger partial charge in [0.05, 0.1) is 11.7 Å². The molecule has 0 aliphatic heterocycles. The topological polar surface area (TPSA) is 170 Å². The van der Waals surface area contributed by atoms with E-state index >= 15 is 0 Å². The highest BCUT2D eigenvalue weighted by Gasteiger charge is 2.29. The zero-order valence-corrected chi connectivity index (χ0v) is 28.0. The molecule has 3 aromatic carbocycles. The van der Waals surface area contributed by atoms with Gasteiger partial charge in [0.1, 0.15) is 18.1 Å². The van der Waals surface area contributed by atoms with Crippen molar-refractivity contribution in [3.63, 3.8) is 0 Å². The van der Waals surface area contributed by atoms with E-state index in [2.05, 4.69) is 20.9 Å². The molecule has 4 rings (SSSR count). The minimum Gasteiger partial charge on any atom is -0.391 e. The normalized spacial score (nSPS) is 13.3. The van der Waals surface area contributed by atoms with Gasteiger partial charge in [0, 0.05) is 43.7 Å². The van der Waals surface area contributed by atoms with Crippen molar-refractivity contribution >= 4 is 46.9 Å². The molecular formula is C36H45ClN6O5. The van der Waals surface area contributed by atoms with E-state index in [1.165, 1.54) is 6.92 Å². The lowest BCUT2D eigenvalue weighted by Gasteiger charge is -2.27. The Hall–Kier alpha value is -4.71. The summed E-state index contributed by atoms with van der Waals surface area (Å²) in [5.41, 5.74) is 8.73. The Balaban J connectivity index is 0.00000625. The van der Waals surface area contributed by atoms with E-state index < -0.39 is 42.0 Å². The summed E-state index contributed by atoms with van der Waals surface area (Å²) in [5, 5.41) is 18.8. The van der Waals surface area contributed by atoms with E-state index in [1.807, 2.05) is 84.9 Å². The first-order chi connectivity index (χ1) is 22.6. The molecular weight excluding hydrogens is 632 g/mol. The molecule has 7 N–H and O–H groups in total. The van der Waals surface area contributed by atoms with E-state index in [-0.39, 0.29) is 37.7 Å². The fraction of sp³-hybridized carbons (Fsp3) is 0.333. The molecule has 4 aromatic rings. The number of nitrogens with one attached hydrogen (secondary N) is 4. The number of aromatic nitrogens is 1. The third kappa shape index (κ3) is 10.7. The fourth-order valence-corrected chi connectivity index (χ4v) is 5.31. The number of nitrogens with zero attached hydrogens (tertiary/aromatic N) is 1. The van der Waals surface area contributed by atoms with Crippen molar-refractivity contribution < 1.29 is 24.3 Å². The Morgan fingerprint density at radius 2 is 1.46 bits per heavy atom. The van der Waals surface area contributed by atoms with Crippen LogP contribution in [0.4, 0.5) is 0 Å². The number of carbonyl (C=O) groups is 4. The molecule has 256 valence electrons. The smallest absolute Gasteiger partial charge is 0.254 e. The maximum atomic E-state index is 13.9. The molecule has 0 aliphatic carbocycles. The summed E-state index contributed by atoms with van der Waals surface area (Å²) in [7, 11) is 1.70. The molecule has 0 saturated carbocycles. The lowest BCUT2D eigenvalue weighted by Crippen LogP contribution is -2.54. The average Bonchev–Trinajstić information content (AvgIpc) is 3.51. The van der Waals surface area contributed by atoms with Crippen LogP contribution in [0, 0.1) is 0 Å². The van der Waals surface area contributed by atoms with Crippen LogP contribution in [0.1, 0.15) is 47.7 Å². The van der Waals surface area contributed by atoms with E-state index in [0.717, 1.165) is 22.0 Å². The molecule has 0 saturated heterocycles. The lowest BCUT2D eigenvalue weighted by atomic mass is 10.0. The number of aliphatic hydroxyl groups excluding tert-OH is 1. The van der Waals surface area contributed by atoms with Crippen LogP contribution in [0.3, 0.4) is 0 Å². The maximum Gasteiger partial charge on any atom is 0.254 e. The minimum atomic E-state index is -1.04. The van der Waals surface area contributed by atoms with Gasteiger partial charge in [-0.05, 0) is 43.4 Å². The van der Waals surface area contributed by atoms with Gasteiger partial charge in [0.2, 0.25) is 17.7 Å². The molecule has 4 atom stereocenters. The quantitative estimate of drug-likeness (QED) is 0.0997. The van der Waals surface area contributed by atoms with Gasteiger partial charge >= 0.3 is 0 Å². The van der Waals surface area contributed by atoms with Crippen molar-refractivity contribution in [3.05, 3.63) is 108 Å². The average molecular weight is 677 g/mol.